The van der Waals surface area contributed by atoms with Crippen LogP contribution in [0.1, 0.15) is 0 Å². The minimum atomic E-state index is -0.264. The lowest BCUT2D eigenvalue weighted by atomic mass is 10.1. The van der Waals surface area contributed by atoms with E-state index in [0.29, 0.717) is 10.7 Å². The largest absolute Gasteiger partial charge is 0.254 e. The maximum absolute atomic E-state index is 12.7. The predicted molar refractivity (Wildman–Crippen MR) is 67.4 cm³/mol. The van der Waals surface area contributed by atoms with Gasteiger partial charge in [-0.25, -0.2) is 4.39 Å². The van der Waals surface area contributed by atoms with Gasteiger partial charge in [0.05, 0.1) is 10.7 Å². The van der Waals surface area contributed by atoms with Crippen LogP contribution in [0, 0.1) is 9.39 Å². The van der Waals surface area contributed by atoms with Gasteiger partial charge in [-0.3, -0.25) is 4.98 Å². The van der Waals surface area contributed by atoms with Crippen molar-refractivity contribution in [3.63, 3.8) is 0 Å². The normalized spacial score (nSPS) is 10.3. The van der Waals surface area contributed by atoms with Crippen LogP contribution in [0.4, 0.5) is 4.39 Å². The minimum absolute atomic E-state index is 0.264. The Kier molecular flexibility index (Phi) is 3.21. The highest BCUT2D eigenvalue weighted by molar-refractivity contribution is 14.1. The second-order valence-corrected chi connectivity index (χ2v) is 4.64. The van der Waals surface area contributed by atoms with Gasteiger partial charge >= 0.3 is 0 Å². The highest BCUT2D eigenvalue weighted by Crippen LogP contribution is 2.26. The number of hydrogen-bond acceptors (Lipinski definition) is 1. The molecule has 1 aromatic heterocycles. The molecule has 4 heteroatoms. The molecule has 0 bridgehead atoms. The summed E-state index contributed by atoms with van der Waals surface area (Å²) in [5, 5.41) is 0.577. The molecule has 0 aliphatic carbocycles. The van der Waals surface area contributed by atoms with E-state index in [-0.39, 0.29) is 5.82 Å². The summed E-state index contributed by atoms with van der Waals surface area (Å²) in [4.78, 5) is 4.22. The average molecular weight is 334 g/mol. The van der Waals surface area contributed by atoms with Crippen LogP contribution < -0.4 is 0 Å². The van der Waals surface area contributed by atoms with E-state index in [1.165, 1.54) is 12.1 Å². The van der Waals surface area contributed by atoms with Crippen molar-refractivity contribution in [2.75, 3.05) is 0 Å². The van der Waals surface area contributed by atoms with Crippen LogP contribution in [0.25, 0.3) is 11.3 Å². The van der Waals surface area contributed by atoms with Crippen LogP contribution in [0.5, 0.6) is 0 Å². The molecule has 76 valence electrons. The molecule has 0 aliphatic rings. The summed E-state index contributed by atoms with van der Waals surface area (Å²) < 4.78 is 13.7. The molecule has 0 radical (unpaired) electrons. The van der Waals surface area contributed by atoms with Crippen molar-refractivity contribution >= 4 is 34.2 Å². The van der Waals surface area contributed by atoms with Gasteiger partial charge in [-0.2, -0.15) is 0 Å². The van der Waals surface area contributed by atoms with Crippen molar-refractivity contribution in [3.05, 3.63) is 50.9 Å². The van der Waals surface area contributed by atoms with E-state index in [1.54, 1.807) is 18.3 Å². The van der Waals surface area contributed by atoms with Crippen LogP contribution in [0.2, 0.25) is 5.02 Å². The number of hydrogen-bond donors (Lipinski definition) is 0. The van der Waals surface area contributed by atoms with Gasteiger partial charge in [0.15, 0.2) is 0 Å². The zero-order valence-electron chi connectivity index (χ0n) is 7.55. The molecular formula is C11H6ClFIN. The van der Waals surface area contributed by atoms with Crippen LogP contribution >= 0.6 is 34.2 Å². The minimum Gasteiger partial charge on any atom is -0.254 e. The first-order chi connectivity index (χ1) is 7.16. The molecule has 0 N–H and O–H groups in total. The van der Waals surface area contributed by atoms with E-state index in [1.807, 2.05) is 6.07 Å². The fourth-order valence-corrected chi connectivity index (χ4v) is 2.14. The summed E-state index contributed by atoms with van der Waals surface area (Å²) >= 11 is 8.18. The standard InChI is InChI=1S/C11H6ClFIN/c12-10-5-9(14)6-15-11(10)7-1-3-8(13)4-2-7/h1-6H. The number of halogens is 3. The highest BCUT2D eigenvalue weighted by atomic mass is 127. The molecule has 1 heterocycles. The molecular weight excluding hydrogens is 327 g/mol. The first-order valence-corrected chi connectivity index (χ1v) is 5.69. The van der Waals surface area contributed by atoms with E-state index in [9.17, 15) is 4.39 Å². The summed E-state index contributed by atoms with van der Waals surface area (Å²) in [7, 11) is 0. The van der Waals surface area contributed by atoms with Gasteiger partial charge in [0.1, 0.15) is 5.82 Å². The fourth-order valence-electron chi connectivity index (χ4n) is 1.23. The van der Waals surface area contributed by atoms with Crippen molar-refractivity contribution in [2.45, 2.75) is 0 Å². The summed E-state index contributed by atoms with van der Waals surface area (Å²) in [6.07, 6.45) is 1.73. The van der Waals surface area contributed by atoms with Gasteiger partial charge in [-0.15, -0.1) is 0 Å². The lowest BCUT2D eigenvalue weighted by Crippen LogP contribution is -1.86. The van der Waals surface area contributed by atoms with E-state index >= 15 is 0 Å². The molecule has 2 rings (SSSR count). The first kappa shape index (κ1) is 10.8. The number of pyridine rings is 1. The van der Waals surface area contributed by atoms with E-state index < -0.39 is 0 Å². The molecule has 0 saturated heterocycles. The summed E-state index contributed by atoms with van der Waals surface area (Å²) in [6.45, 7) is 0. The Morgan fingerprint density at radius 1 is 1.20 bits per heavy atom. The Balaban J connectivity index is 2.49. The quantitative estimate of drug-likeness (QED) is 0.715. The van der Waals surface area contributed by atoms with Gasteiger partial charge in [-0.05, 0) is 52.9 Å². The topological polar surface area (TPSA) is 12.9 Å². The Hall–Kier alpha value is -0.680. The number of aromatic nitrogens is 1. The molecule has 2 aromatic rings. The lowest BCUT2D eigenvalue weighted by Gasteiger charge is -2.03. The molecule has 0 amide bonds. The third-order valence-corrected chi connectivity index (χ3v) is 2.80. The SMILES string of the molecule is Fc1ccc(-c2ncc(I)cc2Cl)cc1. The Labute approximate surface area is 105 Å². The lowest BCUT2D eigenvalue weighted by molar-refractivity contribution is 0.628. The average Bonchev–Trinajstić information content (AvgIpc) is 2.20. The van der Waals surface area contributed by atoms with Crippen molar-refractivity contribution in [1.82, 2.24) is 4.98 Å². The maximum Gasteiger partial charge on any atom is 0.123 e. The van der Waals surface area contributed by atoms with Gasteiger partial charge in [0.25, 0.3) is 0 Å². The Morgan fingerprint density at radius 3 is 2.47 bits per heavy atom. The van der Waals surface area contributed by atoms with Crippen LogP contribution in [0.3, 0.4) is 0 Å². The molecule has 1 aromatic carbocycles. The fraction of sp³-hybridized carbons (Fsp3) is 0. The van der Waals surface area contributed by atoms with E-state index in [2.05, 4.69) is 27.6 Å². The smallest absolute Gasteiger partial charge is 0.123 e. The van der Waals surface area contributed by atoms with Crippen LogP contribution in [0.15, 0.2) is 36.5 Å². The number of rotatable bonds is 1. The van der Waals surface area contributed by atoms with Crippen molar-refractivity contribution in [3.8, 4) is 11.3 Å². The van der Waals surface area contributed by atoms with Crippen molar-refractivity contribution in [1.29, 1.82) is 0 Å². The van der Waals surface area contributed by atoms with Crippen molar-refractivity contribution in [2.24, 2.45) is 0 Å². The number of nitrogens with zero attached hydrogens (tertiary/aromatic N) is 1. The Bertz CT molecular complexity index is 484. The molecule has 0 aliphatic heterocycles. The van der Waals surface area contributed by atoms with Gasteiger partial charge < -0.3 is 0 Å². The third kappa shape index (κ3) is 2.46. The molecule has 0 atom stereocenters. The number of benzene rings is 1. The van der Waals surface area contributed by atoms with E-state index in [0.717, 1.165) is 9.13 Å². The summed E-state index contributed by atoms with van der Waals surface area (Å²) in [6, 6.07) is 7.94. The third-order valence-electron chi connectivity index (χ3n) is 1.93. The predicted octanol–water partition coefficient (Wildman–Crippen LogP) is 4.15. The maximum atomic E-state index is 12.7. The molecule has 0 unspecified atom stereocenters. The zero-order valence-corrected chi connectivity index (χ0v) is 10.5. The van der Waals surface area contributed by atoms with Gasteiger partial charge in [0.2, 0.25) is 0 Å². The van der Waals surface area contributed by atoms with Gasteiger partial charge in [-0.1, -0.05) is 11.6 Å². The zero-order chi connectivity index (χ0) is 10.8. The van der Waals surface area contributed by atoms with Crippen molar-refractivity contribution < 1.29 is 4.39 Å². The van der Waals surface area contributed by atoms with Gasteiger partial charge in [0, 0.05) is 15.3 Å². The Morgan fingerprint density at radius 2 is 1.87 bits per heavy atom. The molecule has 1 nitrogen and oxygen atoms in total. The molecule has 0 spiro atoms. The highest BCUT2D eigenvalue weighted by Gasteiger charge is 2.05. The summed E-state index contributed by atoms with van der Waals surface area (Å²) in [5.74, 6) is -0.264. The molecule has 0 saturated carbocycles. The van der Waals surface area contributed by atoms with Crippen LogP contribution in [-0.2, 0) is 0 Å². The molecule has 15 heavy (non-hydrogen) atoms. The van der Waals surface area contributed by atoms with Crippen LogP contribution in [-0.4, -0.2) is 4.98 Å². The summed E-state index contributed by atoms with van der Waals surface area (Å²) in [5.41, 5.74) is 1.50. The second-order valence-electron chi connectivity index (χ2n) is 2.99. The first-order valence-electron chi connectivity index (χ1n) is 4.24. The van der Waals surface area contributed by atoms with E-state index in [4.69, 9.17) is 11.6 Å². The molecule has 0 fully saturated rings. The monoisotopic (exact) mass is 333 g/mol. The second kappa shape index (κ2) is 4.45.